The second-order valence-electron chi connectivity index (χ2n) is 7.38. The molecule has 210 valence electrons. The van der Waals surface area contributed by atoms with Gasteiger partial charge in [-0.05, 0) is 20.3 Å². The summed E-state index contributed by atoms with van der Waals surface area (Å²) >= 11 is 2.69. The number of hydrogen-bond acceptors (Lipinski definition) is 8. The van der Waals surface area contributed by atoms with Crippen molar-refractivity contribution in [3.05, 3.63) is 29.3 Å². The number of carbonyl (C=O) groups is 3. The standard InChI is InChI=1S/C23H32F4N2O6S2/c1-3-33-7-9-36-13-18(30)28-12-15(29-19(31)14-37-10-8-34-4-2)5-6-20(32)35-23-21(26)16(24)11-17(25)22(23)27/h11,15H,3-10,12-14H2,1-2H3,(H,28,30)(H,29,31)/t15-/m0/s1. The predicted octanol–water partition coefficient (Wildman–Crippen LogP) is 3.07. The molecule has 0 aliphatic rings. The van der Waals surface area contributed by atoms with Crippen LogP contribution < -0.4 is 15.4 Å². The van der Waals surface area contributed by atoms with Crippen molar-refractivity contribution in [2.24, 2.45) is 0 Å². The maximum Gasteiger partial charge on any atom is 0.311 e. The van der Waals surface area contributed by atoms with Crippen LogP contribution in [0.15, 0.2) is 6.07 Å². The summed E-state index contributed by atoms with van der Waals surface area (Å²) in [5, 5.41) is 5.35. The van der Waals surface area contributed by atoms with Crippen LogP contribution in [0, 0.1) is 23.3 Å². The third-order valence-corrected chi connectivity index (χ3v) is 6.36. The molecular formula is C23H32F4N2O6S2. The van der Waals surface area contributed by atoms with Gasteiger partial charge < -0.3 is 24.8 Å². The predicted molar refractivity (Wildman–Crippen MR) is 134 cm³/mol. The Bertz CT molecular complexity index is 856. The van der Waals surface area contributed by atoms with Gasteiger partial charge >= 0.3 is 5.97 Å². The van der Waals surface area contributed by atoms with Crippen molar-refractivity contribution in [1.29, 1.82) is 0 Å². The van der Waals surface area contributed by atoms with Gasteiger partial charge in [0.05, 0.1) is 24.7 Å². The summed E-state index contributed by atoms with van der Waals surface area (Å²) in [6, 6.07) is -0.721. The normalized spacial score (nSPS) is 11.7. The number of thioether (sulfide) groups is 2. The monoisotopic (exact) mass is 572 g/mol. The lowest BCUT2D eigenvalue weighted by Crippen LogP contribution is -2.45. The summed E-state index contributed by atoms with van der Waals surface area (Å²) in [5.41, 5.74) is 0. The molecule has 1 aromatic rings. The zero-order chi connectivity index (χ0) is 27.6. The molecule has 0 unspecified atom stereocenters. The van der Waals surface area contributed by atoms with Crippen molar-refractivity contribution in [2.45, 2.75) is 32.7 Å². The lowest BCUT2D eigenvalue weighted by Gasteiger charge is -2.19. The minimum Gasteiger partial charge on any atom is -0.420 e. The van der Waals surface area contributed by atoms with Crippen LogP contribution in [0.1, 0.15) is 26.7 Å². The SMILES string of the molecule is CCOCCSCC(=O)NC[C@H](CCC(=O)Oc1c(F)c(F)cc(F)c1F)NC(=O)CSCCOCC. The molecule has 0 saturated carbocycles. The molecule has 0 bridgehead atoms. The molecule has 0 heterocycles. The van der Waals surface area contributed by atoms with Gasteiger partial charge in [0.15, 0.2) is 11.6 Å². The van der Waals surface area contributed by atoms with Crippen LogP contribution in [-0.4, -0.2) is 79.8 Å². The topological polar surface area (TPSA) is 103 Å². The van der Waals surface area contributed by atoms with Crippen LogP contribution in [-0.2, 0) is 23.9 Å². The van der Waals surface area contributed by atoms with Crippen molar-refractivity contribution in [2.75, 3.05) is 56.0 Å². The molecule has 0 aromatic heterocycles. The zero-order valence-corrected chi connectivity index (χ0v) is 22.3. The number of hydrogen-bond donors (Lipinski definition) is 2. The van der Waals surface area contributed by atoms with Gasteiger partial charge in [0.25, 0.3) is 0 Å². The molecule has 1 rings (SSSR count). The van der Waals surface area contributed by atoms with Crippen molar-refractivity contribution in [3.63, 3.8) is 0 Å². The minimum absolute atomic E-state index is 0.00222. The van der Waals surface area contributed by atoms with Gasteiger partial charge in [-0.2, -0.15) is 8.78 Å². The van der Waals surface area contributed by atoms with Gasteiger partial charge in [-0.15, -0.1) is 23.5 Å². The fraction of sp³-hybridized carbons (Fsp3) is 0.609. The highest BCUT2D eigenvalue weighted by atomic mass is 32.2. The van der Waals surface area contributed by atoms with Crippen molar-refractivity contribution >= 4 is 41.3 Å². The number of esters is 1. The number of benzene rings is 1. The summed E-state index contributed by atoms with van der Waals surface area (Å²) in [4.78, 5) is 36.5. The van der Waals surface area contributed by atoms with Crippen LogP contribution in [0.25, 0.3) is 0 Å². The molecule has 8 nitrogen and oxygen atoms in total. The Morgan fingerprint density at radius 1 is 0.892 bits per heavy atom. The molecule has 0 radical (unpaired) electrons. The summed E-state index contributed by atoms with van der Waals surface area (Å²) in [6.07, 6.45) is -0.536. The van der Waals surface area contributed by atoms with Crippen LogP contribution in [0.3, 0.4) is 0 Å². The molecular weight excluding hydrogens is 540 g/mol. The summed E-state index contributed by atoms with van der Waals surface area (Å²) in [7, 11) is 0. The fourth-order valence-corrected chi connectivity index (χ4v) is 4.05. The Kier molecular flexibility index (Phi) is 17.0. The van der Waals surface area contributed by atoms with E-state index in [0.29, 0.717) is 37.9 Å². The largest absolute Gasteiger partial charge is 0.420 e. The van der Waals surface area contributed by atoms with Crippen LogP contribution in [0.2, 0.25) is 0 Å². The quantitative estimate of drug-likeness (QED) is 0.0858. The van der Waals surface area contributed by atoms with Crippen molar-refractivity contribution < 1.29 is 46.2 Å². The van der Waals surface area contributed by atoms with E-state index in [9.17, 15) is 31.9 Å². The van der Waals surface area contributed by atoms with E-state index >= 15 is 0 Å². The van der Waals surface area contributed by atoms with Gasteiger partial charge in [0.1, 0.15) is 0 Å². The van der Waals surface area contributed by atoms with Crippen molar-refractivity contribution in [1.82, 2.24) is 10.6 Å². The molecule has 0 spiro atoms. The molecule has 2 N–H and O–H groups in total. The van der Waals surface area contributed by atoms with Crippen LogP contribution in [0.5, 0.6) is 5.75 Å². The molecule has 0 saturated heterocycles. The molecule has 0 fully saturated rings. The third kappa shape index (κ3) is 13.9. The van der Waals surface area contributed by atoms with E-state index in [1.807, 2.05) is 13.8 Å². The first-order chi connectivity index (χ1) is 17.7. The molecule has 1 aromatic carbocycles. The van der Waals surface area contributed by atoms with Gasteiger partial charge in [0, 0.05) is 49.8 Å². The number of rotatable bonds is 19. The van der Waals surface area contributed by atoms with E-state index in [1.165, 1.54) is 23.5 Å². The lowest BCUT2D eigenvalue weighted by atomic mass is 10.1. The van der Waals surface area contributed by atoms with Crippen molar-refractivity contribution in [3.8, 4) is 5.75 Å². The molecule has 37 heavy (non-hydrogen) atoms. The van der Waals surface area contributed by atoms with E-state index < -0.39 is 47.5 Å². The average molecular weight is 573 g/mol. The molecule has 1 atom stereocenters. The molecule has 2 amide bonds. The maximum atomic E-state index is 13.8. The number of nitrogens with one attached hydrogen (secondary N) is 2. The first-order valence-electron chi connectivity index (χ1n) is 11.6. The highest BCUT2D eigenvalue weighted by Gasteiger charge is 2.24. The molecule has 14 heteroatoms. The van der Waals surface area contributed by atoms with E-state index in [0.717, 1.165) is 0 Å². The summed E-state index contributed by atoms with van der Waals surface area (Å²) in [5.74, 6) is -8.93. The number of amides is 2. The number of ether oxygens (including phenoxy) is 3. The Morgan fingerprint density at radius 3 is 1.97 bits per heavy atom. The van der Waals surface area contributed by atoms with E-state index in [4.69, 9.17) is 9.47 Å². The average Bonchev–Trinajstić information content (AvgIpc) is 2.86. The van der Waals surface area contributed by atoms with Crippen LogP contribution >= 0.6 is 23.5 Å². The first-order valence-corrected chi connectivity index (χ1v) is 13.9. The smallest absolute Gasteiger partial charge is 0.311 e. The second-order valence-corrected chi connectivity index (χ2v) is 9.59. The first kappa shape index (κ1) is 33.0. The summed E-state index contributed by atoms with van der Waals surface area (Å²) < 4.78 is 69.1. The lowest BCUT2D eigenvalue weighted by molar-refractivity contribution is -0.135. The van der Waals surface area contributed by atoms with Gasteiger partial charge in [-0.1, -0.05) is 0 Å². The zero-order valence-electron chi connectivity index (χ0n) is 20.7. The minimum atomic E-state index is -1.84. The molecule has 0 aliphatic heterocycles. The fourth-order valence-electron chi connectivity index (χ4n) is 2.73. The van der Waals surface area contributed by atoms with Gasteiger partial charge in [0.2, 0.25) is 29.2 Å². The summed E-state index contributed by atoms with van der Waals surface area (Å²) in [6.45, 7) is 5.82. The van der Waals surface area contributed by atoms with E-state index in [-0.39, 0.29) is 42.4 Å². The highest BCUT2D eigenvalue weighted by Crippen LogP contribution is 2.26. The third-order valence-electron chi connectivity index (χ3n) is 4.51. The Labute approximate surface area is 221 Å². The van der Waals surface area contributed by atoms with E-state index in [2.05, 4.69) is 15.4 Å². The van der Waals surface area contributed by atoms with Crippen LogP contribution in [0.4, 0.5) is 17.6 Å². The Morgan fingerprint density at radius 2 is 1.43 bits per heavy atom. The Balaban J connectivity index is 2.65. The highest BCUT2D eigenvalue weighted by molar-refractivity contribution is 8.00. The maximum absolute atomic E-state index is 13.8. The number of halogens is 4. The molecule has 0 aliphatic carbocycles. The Hall–Kier alpha value is -2.03. The van der Waals surface area contributed by atoms with Gasteiger partial charge in [-0.25, -0.2) is 8.78 Å². The van der Waals surface area contributed by atoms with E-state index in [1.54, 1.807) is 0 Å². The second kappa shape index (κ2) is 19.1. The van der Waals surface area contributed by atoms with Gasteiger partial charge in [-0.3, -0.25) is 14.4 Å². The number of carbonyl (C=O) groups excluding carboxylic acids is 3.